The van der Waals surface area contributed by atoms with Crippen LogP contribution in [0.25, 0.3) is 0 Å². The van der Waals surface area contributed by atoms with E-state index in [1.807, 2.05) is 48.2 Å². The number of hydrogen-bond acceptors (Lipinski definition) is 5. The zero-order chi connectivity index (χ0) is 17.5. The maximum absolute atomic E-state index is 10.9. The molecule has 0 fully saturated rings. The van der Waals surface area contributed by atoms with Crippen LogP contribution in [0.1, 0.15) is 17.5 Å². The van der Waals surface area contributed by atoms with E-state index >= 15 is 0 Å². The molecule has 0 aliphatic heterocycles. The number of rotatable bonds is 7. The van der Waals surface area contributed by atoms with Crippen molar-refractivity contribution in [2.45, 2.75) is 13.0 Å². The quantitative estimate of drug-likeness (QED) is 0.843. The fourth-order valence-corrected chi connectivity index (χ4v) is 2.26. The Morgan fingerprint density at radius 2 is 1.92 bits per heavy atom. The number of nitrogens with zero attached hydrogens (tertiary/aromatic N) is 4. The first kappa shape index (κ1) is 17.3. The largest absolute Gasteiger partial charge is 0.481 e. The number of aliphatic carboxylic acids is 1. The highest BCUT2D eigenvalue weighted by molar-refractivity contribution is 5.67. The van der Waals surface area contributed by atoms with Crippen LogP contribution in [0.15, 0.2) is 42.6 Å². The summed E-state index contributed by atoms with van der Waals surface area (Å²) in [6.07, 6.45) is 1.80. The summed E-state index contributed by atoms with van der Waals surface area (Å²) in [6.45, 7) is 0.945. The number of benzene rings is 1. The Morgan fingerprint density at radius 3 is 2.42 bits per heavy atom. The molecule has 0 amide bonds. The predicted molar refractivity (Wildman–Crippen MR) is 93.0 cm³/mol. The van der Waals surface area contributed by atoms with Gasteiger partial charge in [0.15, 0.2) is 0 Å². The van der Waals surface area contributed by atoms with Gasteiger partial charge in [-0.05, 0) is 29.8 Å². The Morgan fingerprint density at radius 1 is 1.21 bits per heavy atom. The van der Waals surface area contributed by atoms with Crippen LogP contribution in [0.3, 0.4) is 0 Å². The second-order valence-corrected chi connectivity index (χ2v) is 5.64. The highest BCUT2D eigenvalue weighted by atomic mass is 16.4. The summed E-state index contributed by atoms with van der Waals surface area (Å²) in [6, 6.07) is 13.2. The molecule has 1 N–H and O–H groups in total. The molecular weight excluding hydrogens is 304 g/mol. The fourth-order valence-electron chi connectivity index (χ4n) is 2.26. The average molecular weight is 324 g/mol. The molecule has 0 saturated carbocycles. The van der Waals surface area contributed by atoms with E-state index in [4.69, 9.17) is 10.4 Å². The fraction of sp³-hybridized carbons (Fsp3) is 0.278. The van der Waals surface area contributed by atoms with E-state index < -0.39 is 5.97 Å². The van der Waals surface area contributed by atoms with Crippen LogP contribution in [-0.4, -0.2) is 36.7 Å². The number of anilines is 2. The molecule has 0 spiro atoms. The maximum Gasteiger partial charge on any atom is 0.305 e. The van der Waals surface area contributed by atoms with Crippen LogP contribution < -0.4 is 9.80 Å². The first-order valence-corrected chi connectivity index (χ1v) is 7.59. The number of aromatic nitrogens is 1. The van der Waals surface area contributed by atoms with E-state index in [9.17, 15) is 4.79 Å². The molecule has 0 aliphatic rings. The van der Waals surface area contributed by atoms with E-state index in [2.05, 4.69) is 11.1 Å². The minimum absolute atomic E-state index is 0.0473. The Kier molecular flexibility index (Phi) is 5.74. The van der Waals surface area contributed by atoms with Gasteiger partial charge in [0.1, 0.15) is 5.82 Å². The van der Waals surface area contributed by atoms with Gasteiger partial charge in [-0.25, -0.2) is 4.98 Å². The van der Waals surface area contributed by atoms with Crippen LogP contribution >= 0.6 is 0 Å². The second kappa shape index (κ2) is 7.97. The van der Waals surface area contributed by atoms with Gasteiger partial charge in [-0.3, -0.25) is 4.79 Å². The summed E-state index contributed by atoms with van der Waals surface area (Å²) in [4.78, 5) is 19.2. The van der Waals surface area contributed by atoms with Crippen molar-refractivity contribution in [2.75, 3.05) is 30.4 Å². The molecule has 1 aromatic carbocycles. The molecule has 0 unspecified atom stereocenters. The topological polar surface area (TPSA) is 80.5 Å². The third kappa shape index (κ3) is 4.71. The van der Waals surface area contributed by atoms with Gasteiger partial charge in [-0.1, -0.05) is 12.1 Å². The summed E-state index contributed by atoms with van der Waals surface area (Å²) in [5, 5.41) is 17.8. The normalized spacial score (nSPS) is 10.0. The average Bonchev–Trinajstić information content (AvgIpc) is 2.59. The van der Waals surface area contributed by atoms with Gasteiger partial charge in [0.25, 0.3) is 0 Å². The molecule has 2 rings (SSSR count). The minimum atomic E-state index is -0.835. The summed E-state index contributed by atoms with van der Waals surface area (Å²) in [7, 11) is 3.84. The van der Waals surface area contributed by atoms with Crippen LogP contribution in [0.2, 0.25) is 0 Å². The van der Waals surface area contributed by atoms with Crippen molar-refractivity contribution < 1.29 is 9.90 Å². The summed E-state index contributed by atoms with van der Waals surface area (Å²) in [5.74, 6) is 0.00741. The Balaban J connectivity index is 2.19. The zero-order valence-electron chi connectivity index (χ0n) is 13.8. The lowest BCUT2D eigenvalue weighted by Crippen LogP contribution is -2.26. The maximum atomic E-state index is 10.9. The van der Waals surface area contributed by atoms with Gasteiger partial charge in [-0.15, -0.1) is 0 Å². The molecule has 6 nitrogen and oxygen atoms in total. The lowest BCUT2D eigenvalue weighted by Gasteiger charge is -2.24. The van der Waals surface area contributed by atoms with Gasteiger partial charge in [-0.2, -0.15) is 5.26 Å². The van der Waals surface area contributed by atoms with Crippen molar-refractivity contribution in [2.24, 2.45) is 0 Å². The van der Waals surface area contributed by atoms with Crippen molar-refractivity contribution in [1.29, 1.82) is 5.26 Å². The molecule has 0 radical (unpaired) electrons. The van der Waals surface area contributed by atoms with E-state index in [1.165, 1.54) is 0 Å². The highest BCUT2D eigenvalue weighted by Gasteiger charge is 2.11. The van der Waals surface area contributed by atoms with Crippen LogP contribution in [0.5, 0.6) is 0 Å². The zero-order valence-corrected chi connectivity index (χ0v) is 13.8. The van der Waals surface area contributed by atoms with E-state index in [1.54, 1.807) is 18.3 Å². The van der Waals surface area contributed by atoms with E-state index in [0.29, 0.717) is 18.7 Å². The third-order valence-electron chi connectivity index (χ3n) is 3.61. The molecule has 2 aromatic rings. The first-order valence-electron chi connectivity index (χ1n) is 7.59. The monoisotopic (exact) mass is 324 g/mol. The molecule has 0 bridgehead atoms. The highest BCUT2D eigenvalue weighted by Crippen LogP contribution is 2.19. The number of nitriles is 1. The van der Waals surface area contributed by atoms with Gasteiger partial charge in [0.2, 0.25) is 0 Å². The first-order chi connectivity index (χ1) is 11.5. The Labute approximate surface area is 141 Å². The molecule has 124 valence electrons. The third-order valence-corrected chi connectivity index (χ3v) is 3.61. The summed E-state index contributed by atoms with van der Waals surface area (Å²) in [5.41, 5.74) is 2.48. The Hall–Kier alpha value is -3.07. The van der Waals surface area contributed by atoms with E-state index in [-0.39, 0.29) is 6.42 Å². The number of carboxylic acids is 1. The van der Waals surface area contributed by atoms with E-state index in [0.717, 1.165) is 17.1 Å². The van der Waals surface area contributed by atoms with Crippen molar-refractivity contribution in [1.82, 2.24) is 4.98 Å². The molecular formula is C18H20N4O2. The number of carbonyl (C=O) groups is 1. The summed E-state index contributed by atoms with van der Waals surface area (Å²) >= 11 is 0. The number of hydrogen-bond donors (Lipinski definition) is 1. The number of pyridine rings is 1. The SMILES string of the molecule is CN(C)c1ccc(N(CCC(=O)O)Cc2ccc(C#N)cc2)cn1. The lowest BCUT2D eigenvalue weighted by molar-refractivity contribution is -0.136. The van der Waals surface area contributed by atoms with Gasteiger partial charge in [0.05, 0.1) is 29.9 Å². The molecule has 6 heteroatoms. The van der Waals surface area contributed by atoms with Gasteiger partial charge < -0.3 is 14.9 Å². The minimum Gasteiger partial charge on any atom is -0.481 e. The van der Waals surface area contributed by atoms with Gasteiger partial charge in [0, 0.05) is 27.2 Å². The van der Waals surface area contributed by atoms with Crippen molar-refractivity contribution in [3.8, 4) is 6.07 Å². The Bertz CT molecular complexity index is 718. The second-order valence-electron chi connectivity index (χ2n) is 5.64. The van der Waals surface area contributed by atoms with Crippen LogP contribution in [0, 0.1) is 11.3 Å². The molecule has 0 aliphatic carbocycles. The van der Waals surface area contributed by atoms with Crippen molar-refractivity contribution in [3.63, 3.8) is 0 Å². The van der Waals surface area contributed by atoms with Crippen molar-refractivity contribution in [3.05, 3.63) is 53.7 Å². The molecule has 24 heavy (non-hydrogen) atoms. The molecule has 1 heterocycles. The van der Waals surface area contributed by atoms with Gasteiger partial charge >= 0.3 is 5.97 Å². The molecule has 0 atom stereocenters. The standard InChI is InChI=1S/C18H20N4O2/c1-21(2)17-8-7-16(12-20-17)22(10-9-18(23)24)13-15-5-3-14(11-19)4-6-15/h3-8,12H,9-10,13H2,1-2H3,(H,23,24). The lowest BCUT2D eigenvalue weighted by atomic mass is 10.1. The number of carboxylic acid groups (broad SMARTS) is 1. The molecule has 1 aromatic heterocycles. The van der Waals surface area contributed by atoms with Crippen molar-refractivity contribution >= 4 is 17.5 Å². The predicted octanol–water partition coefficient (Wildman–Crippen LogP) is 2.50. The molecule has 0 saturated heterocycles. The summed E-state index contributed by atoms with van der Waals surface area (Å²) < 4.78 is 0. The van der Waals surface area contributed by atoms with Crippen LogP contribution in [0.4, 0.5) is 11.5 Å². The smallest absolute Gasteiger partial charge is 0.305 e. The van der Waals surface area contributed by atoms with Crippen LogP contribution in [-0.2, 0) is 11.3 Å².